The number of nitrogens with one attached hydrogen (secondary N) is 2. The Morgan fingerprint density at radius 3 is 2.57 bits per heavy atom. The molecule has 0 spiro atoms. The highest BCUT2D eigenvalue weighted by Crippen LogP contribution is 2.15. The summed E-state index contributed by atoms with van der Waals surface area (Å²) in [6.07, 6.45) is 0. The van der Waals surface area contributed by atoms with E-state index in [1.165, 1.54) is 0 Å². The summed E-state index contributed by atoms with van der Waals surface area (Å²) in [5.74, 6) is 1.91. The average molecular weight is 387 g/mol. The maximum absolute atomic E-state index is 5.86. The molecule has 0 aliphatic carbocycles. The number of aromatic nitrogens is 1. The van der Waals surface area contributed by atoms with E-state index in [0.717, 1.165) is 35.1 Å². The summed E-state index contributed by atoms with van der Waals surface area (Å²) in [7, 11) is 0. The molecule has 2 N–H and O–H groups in total. The molecule has 0 aliphatic heterocycles. The summed E-state index contributed by atoms with van der Waals surface area (Å²) >= 11 is 0. The molecule has 1 aromatic heterocycles. The van der Waals surface area contributed by atoms with Crippen LogP contribution < -0.4 is 10.6 Å². The molecule has 0 atom stereocenters. The zero-order valence-electron chi connectivity index (χ0n) is 18.0. The Balaban J connectivity index is 1.95. The fraction of sp³-hybridized carbons (Fsp3) is 0.545. The van der Waals surface area contributed by atoms with Crippen molar-refractivity contribution in [2.24, 2.45) is 4.99 Å². The number of benzene rings is 1. The zero-order chi connectivity index (χ0) is 20.6. The van der Waals surface area contributed by atoms with E-state index in [2.05, 4.69) is 79.7 Å². The first kappa shape index (κ1) is 22.0. The van der Waals surface area contributed by atoms with Gasteiger partial charge in [0, 0.05) is 12.6 Å². The predicted molar refractivity (Wildman–Crippen MR) is 113 cm³/mol. The van der Waals surface area contributed by atoms with Crippen molar-refractivity contribution in [1.82, 2.24) is 15.8 Å². The van der Waals surface area contributed by atoms with Crippen LogP contribution in [-0.2, 0) is 24.4 Å². The second-order valence-corrected chi connectivity index (χ2v) is 8.14. The Labute approximate surface area is 168 Å². The third-order valence-electron chi connectivity index (χ3n) is 4.03. The second-order valence-electron chi connectivity index (χ2n) is 8.14. The predicted octanol–water partition coefficient (Wildman–Crippen LogP) is 4.37. The smallest absolute Gasteiger partial charge is 0.191 e. The minimum atomic E-state index is -0.146. The molecule has 6 nitrogen and oxygen atoms in total. The van der Waals surface area contributed by atoms with Gasteiger partial charge in [-0.3, -0.25) is 0 Å². The minimum Gasteiger partial charge on any atom is -0.371 e. The van der Waals surface area contributed by atoms with Crippen LogP contribution in [0.3, 0.4) is 0 Å². The SMILES string of the molecule is CCNC(=NCc1cccc(COC(C)(C)C)c1)NCc1cc(C(C)C)no1. The first-order valence-corrected chi connectivity index (χ1v) is 9.96. The van der Waals surface area contributed by atoms with E-state index in [1.54, 1.807) is 0 Å². The largest absolute Gasteiger partial charge is 0.371 e. The van der Waals surface area contributed by atoms with E-state index in [1.807, 2.05) is 13.0 Å². The van der Waals surface area contributed by atoms with Crippen molar-refractivity contribution in [2.45, 2.75) is 72.8 Å². The number of aliphatic imine (C=N–C) groups is 1. The van der Waals surface area contributed by atoms with E-state index in [-0.39, 0.29) is 5.60 Å². The van der Waals surface area contributed by atoms with Gasteiger partial charge in [-0.25, -0.2) is 4.99 Å². The first-order chi connectivity index (χ1) is 13.3. The van der Waals surface area contributed by atoms with Crippen molar-refractivity contribution < 1.29 is 9.26 Å². The Bertz CT molecular complexity index is 760. The van der Waals surface area contributed by atoms with Crippen LogP contribution in [0.15, 0.2) is 39.8 Å². The summed E-state index contributed by atoms with van der Waals surface area (Å²) in [5.41, 5.74) is 3.12. The minimum absolute atomic E-state index is 0.146. The lowest BCUT2D eigenvalue weighted by molar-refractivity contribution is -0.0149. The van der Waals surface area contributed by atoms with E-state index in [0.29, 0.717) is 25.6 Å². The van der Waals surface area contributed by atoms with Crippen LogP contribution in [0.25, 0.3) is 0 Å². The third kappa shape index (κ3) is 7.72. The summed E-state index contributed by atoms with van der Waals surface area (Å²) in [6.45, 7) is 15.0. The summed E-state index contributed by atoms with van der Waals surface area (Å²) < 4.78 is 11.2. The first-order valence-electron chi connectivity index (χ1n) is 9.96. The normalized spacial score (nSPS) is 12.5. The topological polar surface area (TPSA) is 71.7 Å². The van der Waals surface area contributed by atoms with Crippen LogP contribution in [0.1, 0.15) is 70.0 Å². The molecule has 6 heteroatoms. The molecule has 2 aromatic rings. The number of hydrogen-bond donors (Lipinski definition) is 2. The molecule has 1 heterocycles. The summed E-state index contributed by atoms with van der Waals surface area (Å²) in [4.78, 5) is 4.68. The molecule has 28 heavy (non-hydrogen) atoms. The molecule has 0 saturated carbocycles. The number of guanidine groups is 1. The van der Waals surface area contributed by atoms with Crippen LogP contribution >= 0.6 is 0 Å². The zero-order valence-corrected chi connectivity index (χ0v) is 18.0. The Morgan fingerprint density at radius 1 is 1.18 bits per heavy atom. The van der Waals surface area contributed by atoms with Gasteiger partial charge in [-0.2, -0.15) is 0 Å². The van der Waals surface area contributed by atoms with E-state index in [4.69, 9.17) is 9.26 Å². The van der Waals surface area contributed by atoms with Crippen LogP contribution in [0.5, 0.6) is 0 Å². The molecule has 0 saturated heterocycles. The lowest BCUT2D eigenvalue weighted by Gasteiger charge is -2.19. The van der Waals surface area contributed by atoms with E-state index >= 15 is 0 Å². The van der Waals surface area contributed by atoms with Gasteiger partial charge < -0.3 is 19.9 Å². The van der Waals surface area contributed by atoms with Crippen LogP contribution in [0, 0.1) is 0 Å². The number of hydrogen-bond acceptors (Lipinski definition) is 4. The van der Waals surface area contributed by atoms with Crippen molar-refractivity contribution in [1.29, 1.82) is 0 Å². The molecular formula is C22H34N4O2. The highest BCUT2D eigenvalue weighted by atomic mass is 16.5. The molecule has 1 aromatic carbocycles. The van der Waals surface area contributed by atoms with E-state index in [9.17, 15) is 0 Å². The van der Waals surface area contributed by atoms with Gasteiger partial charge in [0.05, 0.1) is 31.0 Å². The monoisotopic (exact) mass is 386 g/mol. The van der Waals surface area contributed by atoms with Crippen molar-refractivity contribution in [3.8, 4) is 0 Å². The van der Waals surface area contributed by atoms with Crippen molar-refractivity contribution >= 4 is 5.96 Å². The van der Waals surface area contributed by atoms with E-state index < -0.39 is 0 Å². The van der Waals surface area contributed by atoms with Gasteiger partial charge in [0.15, 0.2) is 11.7 Å². The fourth-order valence-corrected chi connectivity index (χ4v) is 2.48. The lowest BCUT2D eigenvalue weighted by Crippen LogP contribution is -2.36. The van der Waals surface area contributed by atoms with Gasteiger partial charge >= 0.3 is 0 Å². The molecule has 0 aliphatic rings. The van der Waals surface area contributed by atoms with Crippen molar-refractivity contribution in [2.75, 3.05) is 6.54 Å². The molecular weight excluding hydrogens is 352 g/mol. The van der Waals surface area contributed by atoms with Gasteiger partial charge in [-0.15, -0.1) is 0 Å². The molecule has 0 unspecified atom stereocenters. The van der Waals surface area contributed by atoms with Gasteiger partial charge in [-0.05, 0) is 44.7 Å². The third-order valence-corrected chi connectivity index (χ3v) is 4.03. The Hall–Kier alpha value is -2.34. The van der Waals surface area contributed by atoms with Crippen molar-refractivity contribution in [3.63, 3.8) is 0 Å². The van der Waals surface area contributed by atoms with Gasteiger partial charge in [0.1, 0.15) is 0 Å². The lowest BCUT2D eigenvalue weighted by atomic mass is 10.1. The molecule has 0 bridgehead atoms. The second kappa shape index (κ2) is 10.3. The highest BCUT2D eigenvalue weighted by Gasteiger charge is 2.10. The quantitative estimate of drug-likeness (QED) is 0.521. The fourth-order valence-electron chi connectivity index (χ4n) is 2.48. The van der Waals surface area contributed by atoms with Crippen LogP contribution in [0.2, 0.25) is 0 Å². The standard InChI is InChI=1S/C22H34N4O2/c1-7-23-21(25-14-19-12-20(16(2)3)26-28-19)24-13-17-9-8-10-18(11-17)15-27-22(4,5)6/h8-12,16H,7,13-15H2,1-6H3,(H2,23,24,25). The Kier molecular flexibility index (Phi) is 8.05. The van der Waals surface area contributed by atoms with Crippen molar-refractivity contribution in [3.05, 3.63) is 52.9 Å². The van der Waals surface area contributed by atoms with Crippen LogP contribution in [-0.4, -0.2) is 23.3 Å². The molecule has 0 fully saturated rings. The average Bonchev–Trinajstić information content (AvgIpc) is 3.11. The maximum atomic E-state index is 5.86. The summed E-state index contributed by atoms with van der Waals surface area (Å²) in [5, 5.41) is 10.7. The van der Waals surface area contributed by atoms with Crippen LogP contribution in [0.4, 0.5) is 0 Å². The van der Waals surface area contributed by atoms with Gasteiger partial charge in [0.2, 0.25) is 0 Å². The molecule has 154 valence electrons. The summed E-state index contributed by atoms with van der Waals surface area (Å²) in [6, 6.07) is 10.3. The molecule has 0 amide bonds. The molecule has 2 rings (SSSR count). The number of rotatable bonds is 8. The molecule has 0 radical (unpaired) electrons. The maximum Gasteiger partial charge on any atom is 0.191 e. The number of nitrogens with zero attached hydrogens (tertiary/aromatic N) is 2. The highest BCUT2D eigenvalue weighted by molar-refractivity contribution is 5.79. The Morgan fingerprint density at radius 2 is 1.93 bits per heavy atom. The van der Waals surface area contributed by atoms with Gasteiger partial charge in [0.25, 0.3) is 0 Å². The van der Waals surface area contributed by atoms with Gasteiger partial charge in [-0.1, -0.05) is 43.3 Å². The number of ether oxygens (including phenoxy) is 1.